The van der Waals surface area contributed by atoms with E-state index in [2.05, 4.69) is 11.8 Å². The Morgan fingerprint density at radius 2 is 1.60 bits per heavy atom. The van der Waals surface area contributed by atoms with Crippen LogP contribution in [0.15, 0.2) is 0 Å². The summed E-state index contributed by atoms with van der Waals surface area (Å²) in [6.07, 6.45) is 0. The second-order valence-electron chi connectivity index (χ2n) is 1.30. The molecule has 0 aliphatic carbocycles. The Hall–Kier alpha value is 1.24. The predicted octanol–water partition coefficient (Wildman–Crippen LogP) is 1.27. The van der Waals surface area contributed by atoms with Crippen LogP contribution in [-0.4, -0.2) is 18.1 Å². The summed E-state index contributed by atoms with van der Waals surface area (Å²) in [6, 6.07) is 0. The van der Waals surface area contributed by atoms with Crippen molar-refractivity contribution in [1.82, 2.24) is 0 Å². The standard InChI is InChI=1S/C4H11O3PS.Ti/c1-3-6-8(5,9)7-4-2;/h3-4H2,1-2H3,(H,5,9);. The first kappa shape index (κ1) is 13.8. The van der Waals surface area contributed by atoms with Crippen LogP contribution >= 0.6 is 6.72 Å². The van der Waals surface area contributed by atoms with Gasteiger partial charge in [-0.15, -0.1) is 0 Å². The Balaban J connectivity index is 0. The Bertz CT molecular complexity index is 111. The molecule has 0 spiro atoms. The second-order valence-corrected chi connectivity index (χ2v) is 4.14. The molecule has 0 aromatic heterocycles. The first-order chi connectivity index (χ1) is 4.12. The Labute approximate surface area is 81.2 Å². The molecule has 0 unspecified atom stereocenters. The van der Waals surface area contributed by atoms with Crippen LogP contribution < -0.4 is 0 Å². The van der Waals surface area contributed by atoms with Crippen molar-refractivity contribution in [3.05, 3.63) is 0 Å². The first-order valence-corrected chi connectivity index (χ1v) is 5.33. The topological polar surface area (TPSA) is 38.7 Å². The molecule has 0 saturated heterocycles. The second kappa shape index (κ2) is 6.92. The predicted molar refractivity (Wildman–Crippen MR) is 39.8 cm³/mol. The van der Waals surface area contributed by atoms with Crippen LogP contribution in [0.5, 0.6) is 0 Å². The monoisotopic (exact) mass is 218 g/mol. The quantitative estimate of drug-likeness (QED) is 0.569. The molecule has 6 heteroatoms. The van der Waals surface area contributed by atoms with Crippen LogP contribution in [0.4, 0.5) is 0 Å². The fraction of sp³-hybridized carbons (Fsp3) is 1.00. The van der Waals surface area contributed by atoms with Crippen molar-refractivity contribution in [1.29, 1.82) is 0 Å². The van der Waals surface area contributed by atoms with Gasteiger partial charge >= 0.3 is 6.72 Å². The van der Waals surface area contributed by atoms with E-state index in [0.717, 1.165) is 0 Å². The van der Waals surface area contributed by atoms with Crippen LogP contribution in [-0.2, 0) is 42.6 Å². The van der Waals surface area contributed by atoms with E-state index in [1.54, 1.807) is 13.8 Å². The van der Waals surface area contributed by atoms with E-state index in [1.807, 2.05) is 0 Å². The zero-order valence-electron chi connectivity index (χ0n) is 6.03. The molecule has 0 radical (unpaired) electrons. The van der Waals surface area contributed by atoms with Crippen molar-refractivity contribution in [2.75, 3.05) is 13.2 Å². The molecule has 60 valence electrons. The van der Waals surface area contributed by atoms with E-state index in [-0.39, 0.29) is 21.7 Å². The van der Waals surface area contributed by atoms with Crippen LogP contribution in [0.2, 0.25) is 0 Å². The number of hydrogen-bond acceptors (Lipinski definition) is 3. The van der Waals surface area contributed by atoms with Gasteiger partial charge in [-0.3, -0.25) is 0 Å². The molecule has 0 saturated carbocycles. The third-order valence-corrected chi connectivity index (χ3v) is 2.39. The van der Waals surface area contributed by atoms with Crippen molar-refractivity contribution in [2.24, 2.45) is 0 Å². The molecule has 0 bridgehead atoms. The van der Waals surface area contributed by atoms with Gasteiger partial charge < -0.3 is 13.9 Å². The molecule has 0 aromatic rings. The van der Waals surface area contributed by atoms with Crippen molar-refractivity contribution < 1.29 is 35.7 Å². The average Bonchev–Trinajstić information content (AvgIpc) is 1.64. The smallest absolute Gasteiger partial charge is 0.324 e. The number of hydrogen-bond donors (Lipinski definition) is 1. The van der Waals surface area contributed by atoms with E-state index in [9.17, 15) is 0 Å². The van der Waals surface area contributed by atoms with Crippen LogP contribution in [0.1, 0.15) is 13.8 Å². The van der Waals surface area contributed by atoms with E-state index < -0.39 is 6.72 Å². The van der Waals surface area contributed by atoms with Gasteiger partial charge in [-0.2, -0.15) is 0 Å². The minimum atomic E-state index is -2.86. The summed E-state index contributed by atoms with van der Waals surface area (Å²) in [4.78, 5) is 9.00. The zero-order valence-corrected chi connectivity index (χ0v) is 9.31. The molecule has 0 aromatic carbocycles. The first-order valence-electron chi connectivity index (χ1n) is 2.74. The minimum Gasteiger partial charge on any atom is -0.324 e. The molecule has 0 aliphatic rings. The molecule has 1 N–H and O–H groups in total. The van der Waals surface area contributed by atoms with Crippen molar-refractivity contribution in [3.63, 3.8) is 0 Å². The zero-order chi connectivity index (χ0) is 7.33. The third-order valence-electron chi connectivity index (χ3n) is 0.584. The van der Waals surface area contributed by atoms with Gasteiger partial charge in [-0.1, -0.05) is 0 Å². The summed E-state index contributed by atoms with van der Waals surface area (Å²) in [6.45, 7) is 1.45. The van der Waals surface area contributed by atoms with Gasteiger partial charge in [-0.05, 0) is 25.7 Å². The van der Waals surface area contributed by atoms with Crippen molar-refractivity contribution >= 4 is 18.5 Å². The van der Waals surface area contributed by atoms with Gasteiger partial charge in [0.2, 0.25) is 0 Å². The van der Waals surface area contributed by atoms with Gasteiger partial charge in [0.1, 0.15) is 0 Å². The molecule has 0 fully saturated rings. The maximum atomic E-state index is 9.00. The molecule has 0 rings (SSSR count). The molecule has 10 heavy (non-hydrogen) atoms. The summed E-state index contributed by atoms with van der Waals surface area (Å²) >= 11 is 4.56. The molecular formula is C4H11O3PSTi. The van der Waals surface area contributed by atoms with Crippen LogP contribution in [0.25, 0.3) is 0 Å². The van der Waals surface area contributed by atoms with Crippen LogP contribution in [0, 0.1) is 0 Å². The Morgan fingerprint density at radius 1 is 1.30 bits per heavy atom. The molecule has 0 heterocycles. The fourth-order valence-electron chi connectivity index (χ4n) is 0.364. The molecular weight excluding hydrogens is 207 g/mol. The fourth-order valence-corrected chi connectivity index (χ4v) is 1.72. The number of rotatable bonds is 4. The minimum absolute atomic E-state index is 0. The van der Waals surface area contributed by atoms with Crippen LogP contribution in [0.3, 0.4) is 0 Å². The largest absolute Gasteiger partial charge is 0.324 e. The van der Waals surface area contributed by atoms with E-state index in [0.29, 0.717) is 13.2 Å². The van der Waals surface area contributed by atoms with E-state index >= 15 is 0 Å². The SMILES string of the molecule is CCOP(O)(=S)OCC.[Ti]. The van der Waals surface area contributed by atoms with Crippen molar-refractivity contribution in [3.8, 4) is 0 Å². The van der Waals surface area contributed by atoms with E-state index in [1.165, 1.54) is 0 Å². The Kier molecular flexibility index (Phi) is 9.56. The molecule has 0 aliphatic heterocycles. The average molecular weight is 218 g/mol. The normalized spacial score (nSPS) is 10.7. The molecule has 0 atom stereocenters. The van der Waals surface area contributed by atoms with Crippen molar-refractivity contribution in [2.45, 2.75) is 13.8 Å². The molecule has 3 nitrogen and oxygen atoms in total. The van der Waals surface area contributed by atoms with Gasteiger partial charge in [-0.25, -0.2) is 0 Å². The maximum absolute atomic E-state index is 9.00. The van der Waals surface area contributed by atoms with Gasteiger partial charge in [0.05, 0.1) is 13.2 Å². The summed E-state index contributed by atoms with van der Waals surface area (Å²) < 4.78 is 9.46. The van der Waals surface area contributed by atoms with E-state index in [4.69, 9.17) is 13.9 Å². The maximum Gasteiger partial charge on any atom is 0.324 e. The summed E-state index contributed by atoms with van der Waals surface area (Å²) in [5.74, 6) is 0. The summed E-state index contributed by atoms with van der Waals surface area (Å²) in [7, 11) is 0. The van der Waals surface area contributed by atoms with Gasteiger partial charge in [0.25, 0.3) is 0 Å². The Morgan fingerprint density at radius 3 is 1.80 bits per heavy atom. The third kappa shape index (κ3) is 7.35. The van der Waals surface area contributed by atoms with Gasteiger partial charge in [0, 0.05) is 21.7 Å². The van der Waals surface area contributed by atoms with Gasteiger partial charge in [0.15, 0.2) is 0 Å². The summed E-state index contributed by atoms with van der Waals surface area (Å²) in [5.41, 5.74) is 0. The molecule has 0 amide bonds. The summed E-state index contributed by atoms with van der Waals surface area (Å²) in [5, 5.41) is 0.